The predicted molar refractivity (Wildman–Crippen MR) is 105 cm³/mol. The van der Waals surface area contributed by atoms with Crippen molar-refractivity contribution in [3.8, 4) is 5.75 Å². The summed E-state index contributed by atoms with van der Waals surface area (Å²) in [6, 6.07) is 23.6. The molecule has 0 aromatic heterocycles. The largest absolute Gasteiger partial charge is 0.497 e. The Kier molecular flexibility index (Phi) is 4.18. The van der Waals surface area contributed by atoms with Crippen molar-refractivity contribution in [1.29, 1.82) is 0 Å². The molecule has 0 heterocycles. The molecule has 1 aliphatic rings. The molecule has 3 aromatic rings. The van der Waals surface area contributed by atoms with Crippen LogP contribution in [0, 0.1) is 0 Å². The summed E-state index contributed by atoms with van der Waals surface area (Å²) in [5.41, 5.74) is 6.14. The Morgan fingerprint density at radius 3 is 2.38 bits per heavy atom. The number of fused-ring (bicyclic) bond motifs is 1. The summed E-state index contributed by atoms with van der Waals surface area (Å²) in [7, 11) is 1.63. The summed E-state index contributed by atoms with van der Waals surface area (Å²) in [5.74, 6) is 0.817. The second kappa shape index (κ2) is 6.64. The van der Waals surface area contributed by atoms with E-state index in [0.29, 0.717) is 16.9 Å². The normalized spacial score (nSPS) is 15.3. The van der Waals surface area contributed by atoms with E-state index >= 15 is 0 Å². The van der Waals surface area contributed by atoms with Crippen LogP contribution in [0.1, 0.15) is 45.5 Å². The maximum atomic E-state index is 13.2. The summed E-state index contributed by atoms with van der Waals surface area (Å²) in [6.45, 7) is 2.13. The lowest BCUT2D eigenvalue weighted by Gasteiger charge is -2.19. The molecule has 0 saturated carbocycles. The number of hydrogen-bond donors (Lipinski definition) is 0. The van der Waals surface area contributed by atoms with E-state index in [2.05, 4.69) is 37.3 Å². The summed E-state index contributed by atoms with van der Waals surface area (Å²) >= 11 is 0. The van der Waals surface area contributed by atoms with Gasteiger partial charge in [-0.1, -0.05) is 72.3 Å². The van der Waals surface area contributed by atoms with E-state index in [-0.39, 0.29) is 11.7 Å². The van der Waals surface area contributed by atoms with Gasteiger partial charge in [-0.2, -0.15) is 0 Å². The lowest BCUT2D eigenvalue weighted by atomic mass is 9.84. The molecule has 0 amide bonds. The molecule has 2 heteroatoms. The molecule has 0 radical (unpaired) electrons. The van der Waals surface area contributed by atoms with Crippen molar-refractivity contribution in [2.24, 2.45) is 0 Å². The molecule has 0 bridgehead atoms. The number of carbonyl (C=O) groups excluding carboxylic acids is 1. The van der Waals surface area contributed by atoms with Gasteiger partial charge in [-0.25, -0.2) is 0 Å². The van der Waals surface area contributed by atoms with Crippen LogP contribution >= 0.6 is 0 Å². The van der Waals surface area contributed by atoms with Crippen LogP contribution < -0.4 is 4.74 Å². The molecule has 0 aliphatic heterocycles. The lowest BCUT2D eigenvalue weighted by molar-refractivity contribution is 0.103. The molecular weight excluding hydrogens is 320 g/mol. The minimum Gasteiger partial charge on any atom is -0.497 e. The number of benzene rings is 3. The summed E-state index contributed by atoms with van der Waals surface area (Å²) in [4.78, 5) is 13.2. The average molecular weight is 340 g/mol. The average Bonchev–Trinajstić information content (AvgIpc) is 3.03. The minimum absolute atomic E-state index is 0.0247. The second-order valence-corrected chi connectivity index (χ2v) is 6.60. The maximum Gasteiger partial charge on any atom is 0.193 e. The number of rotatable bonds is 4. The molecule has 26 heavy (non-hydrogen) atoms. The van der Waals surface area contributed by atoms with Crippen LogP contribution in [0.3, 0.4) is 0 Å². The van der Waals surface area contributed by atoms with E-state index in [1.165, 1.54) is 16.7 Å². The van der Waals surface area contributed by atoms with Crippen LogP contribution in [-0.4, -0.2) is 12.9 Å². The van der Waals surface area contributed by atoms with Crippen molar-refractivity contribution in [3.63, 3.8) is 0 Å². The quantitative estimate of drug-likeness (QED) is 0.588. The van der Waals surface area contributed by atoms with Gasteiger partial charge < -0.3 is 4.74 Å². The van der Waals surface area contributed by atoms with Gasteiger partial charge in [0.15, 0.2) is 5.78 Å². The van der Waals surface area contributed by atoms with E-state index in [9.17, 15) is 4.79 Å². The lowest BCUT2D eigenvalue weighted by Crippen LogP contribution is -2.10. The topological polar surface area (TPSA) is 26.3 Å². The molecular formula is C24H20O2. The third kappa shape index (κ3) is 2.74. The molecule has 1 aliphatic carbocycles. The van der Waals surface area contributed by atoms with Gasteiger partial charge in [0.2, 0.25) is 0 Å². The molecule has 1 atom stereocenters. The molecule has 4 rings (SSSR count). The first kappa shape index (κ1) is 16.3. The molecule has 128 valence electrons. The number of ether oxygens (including phenoxy) is 1. The number of ketones is 1. The van der Waals surface area contributed by atoms with Crippen molar-refractivity contribution >= 4 is 11.9 Å². The van der Waals surface area contributed by atoms with Crippen LogP contribution in [0.25, 0.3) is 6.08 Å². The third-order valence-corrected chi connectivity index (χ3v) is 5.00. The zero-order valence-electron chi connectivity index (χ0n) is 14.9. The Labute approximate surface area is 153 Å². The highest BCUT2D eigenvalue weighted by atomic mass is 16.5. The number of hydrogen-bond acceptors (Lipinski definition) is 2. The zero-order valence-corrected chi connectivity index (χ0v) is 14.9. The van der Waals surface area contributed by atoms with E-state index in [1.54, 1.807) is 7.11 Å². The van der Waals surface area contributed by atoms with E-state index in [1.807, 2.05) is 48.5 Å². The van der Waals surface area contributed by atoms with Crippen LogP contribution in [-0.2, 0) is 0 Å². The van der Waals surface area contributed by atoms with Crippen molar-refractivity contribution in [2.75, 3.05) is 7.11 Å². The van der Waals surface area contributed by atoms with E-state index in [4.69, 9.17) is 4.74 Å². The highest BCUT2D eigenvalue weighted by molar-refractivity contribution is 6.10. The van der Waals surface area contributed by atoms with Gasteiger partial charge in [-0.3, -0.25) is 4.79 Å². The molecule has 3 aromatic carbocycles. The smallest absolute Gasteiger partial charge is 0.193 e. The van der Waals surface area contributed by atoms with Crippen molar-refractivity contribution < 1.29 is 9.53 Å². The standard InChI is InChI=1S/C24H20O2/c1-16-14-18-10-6-7-11-20(18)23(16)21-13-12-19(26-2)15-22(21)24(25)17-8-4-3-5-9-17/h3-15,23H,1-2H3. The zero-order chi connectivity index (χ0) is 18.1. The highest BCUT2D eigenvalue weighted by Gasteiger charge is 2.28. The Morgan fingerprint density at radius 2 is 1.62 bits per heavy atom. The number of methoxy groups -OCH3 is 1. The van der Waals surface area contributed by atoms with Crippen molar-refractivity contribution in [1.82, 2.24) is 0 Å². The SMILES string of the molecule is COc1ccc(C2C(C)=Cc3ccccc32)c(C(=O)c2ccccc2)c1. The molecule has 0 fully saturated rings. The van der Waals surface area contributed by atoms with Gasteiger partial charge in [0, 0.05) is 17.0 Å². The van der Waals surface area contributed by atoms with Crippen molar-refractivity contribution in [2.45, 2.75) is 12.8 Å². The molecule has 2 nitrogen and oxygen atoms in total. The van der Waals surface area contributed by atoms with Gasteiger partial charge in [-0.05, 0) is 35.7 Å². The fraction of sp³-hybridized carbons (Fsp3) is 0.125. The van der Waals surface area contributed by atoms with Gasteiger partial charge in [0.25, 0.3) is 0 Å². The van der Waals surface area contributed by atoms with Crippen molar-refractivity contribution in [3.05, 3.63) is 106 Å². The monoisotopic (exact) mass is 340 g/mol. The fourth-order valence-corrected chi connectivity index (χ4v) is 3.75. The van der Waals surface area contributed by atoms with E-state index < -0.39 is 0 Å². The predicted octanol–water partition coefficient (Wildman–Crippen LogP) is 5.48. The van der Waals surface area contributed by atoms with Gasteiger partial charge >= 0.3 is 0 Å². The Morgan fingerprint density at radius 1 is 0.885 bits per heavy atom. The number of carbonyl (C=O) groups is 1. The Bertz CT molecular complexity index is 1000. The third-order valence-electron chi connectivity index (χ3n) is 5.00. The number of allylic oxidation sites excluding steroid dienone is 1. The molecule has 0 saturated heterocycles. The second-order valence-electron chi connectivity index (χ2n) is 6.60. The van der Waals surface area contributed by atoms with Crippen LogP contribution in [0.4, 0.5) is 0 Å². The minimum atomic E-state index is 0.0247. The highest BCUT2D eigenvalue weighted by Crippen LogP contribution is 2.42. The van der Waals surface area contributed by atoms with Crippen LogP contribution in [0.15, 0.2) is 78.4 Å². The summed E-state index contributed by atoms with van der Waals surface area (Å²) < 4.78 is 5.39. The van der Waals surface area contributed by atoms with Gasteiger partial charge in [0.05, 0.1) is 7.11 Å². The molecule has 0 N–H and O–H groups in total. The molecule has 0 spiro atoms. The summed E-state index contributed by atoms with van der Waals surface area (Å²) in [5, 5.41) is 0. The first-order valence-electron chi connectivity index (χ1n) is 8.74. The molecule has 1 unspecified atom stereocenters. The summed E-state index contributed by atoms with van der Waals surface area (Å²) in [6.07, 6.45) is 2.21. The van der Waals surface area contributed by atoms with Gasteiger partial charge in [0.1, 0.15) is 5.75 Å². The Balaban J connectivity index is 1.88. The first-order chi connectivity index (χ1) is 12.7. The first-order valence-corrected chi connectivity index (χ1v) is 8.74. The van der Waals surface area contributed by atoms with Gasteiger partial charge in [-0.15, -0.1) is 0 Å². The Hall–Kier alpha value is -3.13. The van der Waals surface area contributed by atoms with Crippen LogP contribution in [0.2, 0.25) is 0 Å². The fourth-order valence-electron chi connectivity index (χ4n) is 3.75. The van der Waals surface area contributed by atoms with E-state index in [0.717, 1.165) is 5.56 Å². The van der Waals surface area contributed by atoms with Crippen LogP contribution in [0.5, 0.6) is 5.75 Å². The maximum absolute atomic E-state index is 13.2.